The topological polar surface area (TPSA) is 140 Å². The molecule has 0 aliphatic carbocycles. The average Bonchev–Trinajstić information content (AvgIpc) is 2.82. The summed E-state index contributed by atoms with van der Waals surface area (Å²) in [5.74, 6) is -2.45. The highest BCUT2D eigenvalue weighted by Gasteiger charge is 2.18. The van der Waals surface area contributed by atoms with Crippen molar-refractivity contribution in [1.82, 2.24) is 0 Å². The van der Waals surface area contributed by atoms with Crippen molar-refractivity contribution in [3.05, 3.63) is 53.6 Å². The molecule has 0 saturated carbocycles. The van der Waals surface area contributed by atoms with Crippen LogP contribution in [-0.4, -0.2) is 43.8 Å². The van der Waals surface area contributed by atoms with Crippen LogP contribution in [0.1, 0.15) is 60.2 Å². The van der Waals surface area contributed by atoms with Gasteiger partial charge < -0.3 is 29.4 Å². The van der Waals surface area contributed by atoms with E-state index in [0.29, 0.717) is 12.4 Å². The van der Waals surface area contributed by atoms with Gasteiger partial charge in [-0.1, -0.05) is 31.9 Å². The van der Waals surface area contributed by atoms with E-state index in [4.69, 9.17) is 29.4 Å². The van der Waals surface area contributed by atoms with E-state index in [2.05, 4.69) is 6.92 Å². The normalized spacial score (nSPS) is 10.3. The number of benzene rings is 2. The Morgan fingerprint density at radius 1 is 0.857 bits per heavy atom. The summed E-state index contributed by atoms with van der Waals surface area (Å²) in [6, 6.07) is 10.2. The predicted molar refractivity (Wildman–Crippen MR) is 124 cm³/mol. The van der Waals surface area contributed by atoms with Gasteiger partial charge in [0.15, 0.2) is 11.5 Å². The monoisotopic (exact) mass is 487 g/mol. The highest BCUT2D eigenvalue weighted by atomic mass is 16.7. The fourth-order valence-electron chi connectivity index (χ4n) is 2.84. The zero-order chi connectivity index (χ0) is 25.6. The first-order valence-corrected chi connectivity index (χ1v) is 11.1. The second kappa shape index (κ2) is 14.4. The maximum Gasteiger partial charge on any atom is 0.344 e. The van der Waals surface area contributed by atoms with Crippen molar-refractivity contribution in [3.63, 3.8) is 0 Å². The minimum atomic E-state index is -0.845. The molecule has 2 aromatic rings. The Labute approximate surface area is 203 Å². The third-order valence-corrected chi connectivity index (χ3v) is 4.50. The first-order chi connectivity index (χ1) is 16.8. The van der Waals surface area contributed by atoms with E-state index >= 15 is 0 Å². The number of hydrogen-bond donors (Lipinski definition) is 1. The summed E-state index contributed by atoms with van der Waals surface area (Å²) in [5, 5.41) is 0. The van der Waals surface area contributed by atoms with Crippen LogP contribution in [0.4, 0.5) is 0 Å². The van der Waals surface area contributed by atoms with Gasteiger partial charge in [-0.3, -0.25) is 9.59 Å². The number of ether oxygens (including phenoxy) is 5. The van der Waals surface area contributed by atoms with Gasteiger partial charge in [-0.15, -0.1) is 0 Å². The fourth-order valence-corrected chi connectivity index (χ4v) is 2.84. The lowest BCUT2D eigenvalue weighted by Gasteiger charge is -2.13. The molecule has 0 radical (unpaired) electrons. The summed E-state index contributed by atoms with van der Waals surface area (Å²) < 4.78 is 25.9. The molecule has 0 atom stereocenters. The molecule has 0 fully saturated rings. The number of unbranched alkanes of at least 4 members (excludes halogenated alkanes) is 2. The molecule has 0 aromatic heterocycles. The maximum absolute atomic E-state index is 12.5. The molecule has 0 aliphatic heterocycles. The summed E-state index contributed by atoms with van der Waals surface area (Å²) in [6.45, 7) is 3.11. The van der Waals surface area contributed by atoms with Crippen molar-refractivity contribution in [2.75, 3.05) is 19.9 Å². The summed E-state index contributed by atoms with van der Waals surface area (Å²) >= 11 is 0. The van der Waals surface area contributed by atoms with Crippen molar-refractivity contribution < 1.29 is 42.9 Å². The molecule has 188 valence electrons. The summed E-state index contributed by atoms with van der Waals surface area (Å²) in [4.78, 5) is 47.9. The Balaban J connectivity index is 2.03. The van der Waals surface area contributed by atoms with Gasteiger partial charge in [0.05, 0.1) is 18.6 Å². The van der Waals surface area contributed by atoms with Crippen LogP contribution in [0.25, 0.3) is 0 Å². The van der Waals surface area contributed by atoms with Crippen LogP contribution in [-0.2, 0) is 19.1 Å². The fraction of sp³-hybridized carbons (Fsp3) is 0.360. The molecule has 0 heterocycles. The van der Waals surface area contributed by atoms with Crippen molar-refractivity contribution in [2.24, 2.45) is 5.73 Å². The standard InChI is InChI=1S/C25H29NO9/c1-3-4-7-14-31-21-11-10-18(15-22(21)35-23(28)12-13-26)24(29)32-16-33-25(30)19-8-5-6-9-20(19)34-17(2)27/h5-6,8-11,15H,3-4,7,12-14,16,26H2,1-2H3. The van der Waals surface area contributed by atoms with Gasteiger partial charge in [0.1, 0.15) is 11.3 Å². The van der Waals surface area contributed by atoms with E-state index in [9.17, 15) is 19.2 Å². The number of hydrogen-bond acceptors (Lipinski definition) is 10. The van der Waals surface area contributed by atoms with Gasteiger partial charge in [-0.05, 0) is 36.8 Å². The van der Waals surface area contributed by atoms with Crippen LogP contribution in [0, 0.1) is 0 Å². The Hall–Kier alpha value is -3.92. The smallest absolute Gasteiger partial charge is 0.344 e. The van der Waals surface area contributed by atoms with Crippen LogP contribution < -0.4 is 19.9 Å². The van der Waals surface area contributed by atoms with Crippen LogP contribution in [0.2, 0.25) is 0 Å². The van der Waals surface area contributed by atoms with Gasteiger partial charge in [0.2, 0.25) is 6.79 Å². The van der Waals surface area contributed by atoms with Crippen LogP contribution >= 0.6 is 0 Å². The second-order valence-electron chi connectivity index (χ2n) is 7.30. The van der Waals surface area contributed by atoms with Crippen LogP contribution in [0.3, 0.4) is 0 Å². The molecular formula is C25H29NO9. The predicted octanol–water partition coefficient (Wildman–Crippen LogP) is 3.41. The first-order valence-electron chi connectivity index (χ1n) is 11.1. The number of rotatable bonds is 13. The summed E-state index contributed by atoms with van der Waals surface area (Å²) in [7, 11) is 0. The third-order valence-electron chi connectivity index (χ3n) is 4.50. The molecule has 0 saturated heterocycles. The molecule has 0 unspecified atom stereocenters. The SMILES string of the molecule is CCCCCOc1ccc(C(=O)OCOC(=O)c2ccccc2OC(C)=O)cc1OC(=O)CCN. The van der Waals surface area contributed by atoms with Crippen LogP contribution in [0.5, 0.6) is 17.2 Å². The summed E-state index contributed by atoms with van der Waals surface area (Å²) in [5.41, 5.74) is 5.45. The molecule has 35 heavy (non-hydrogen) atoms. The number of esters is 4. The van der Waals surface area contributed by atoms with E-state index < -0.39 is 30.7 Å². The van der Waals surface area contributed by atoms with Gasteiger partial charge >= 0.3 is 23.9 Å². The second-order valence-corrected chi connectivity index (χ2v) is 7.30. The number of carbonyl (C=O) groups excluding carboxylic acids is 4. The number of para-hydroxylation sites is 1. The molecule has 10 heteroatoms. The number of carbonyl (C=O) groups is 4. The zero-order valence-electron chi connectivity index (χ0n) is 19.7. The molecular weight excluding hydrogens is 458 g/mol. The van der Waals surface area contributed by atoms with E-state index in [1.54, 1.807) is 12.1 Å². The van der Waals surface area contributed by atoms with E-state index in [1.807, 2.05) is 0 Å². The van der Waals surface area contributed by atoms with Gasteiger partial charge in [0.25, 0.3) is 0 Å². The van der Waals surface area contributed by atoms with Gasteiger partial charge in [0, 0.05) is 13.5 Å². The molecule has 0 aliphatic rings. The minimum absolute atomic E-state index is 0.00238. The Morgan fingerprint density at radius 2 is 1.60 bits per heavy atom. The highest BCUT2D eigenvalue weighted by molar-refractivity contribution is 5.94. The maximum atomic E-state index is 12.5. The quantitative estimate of drug-likeness (QED) is 0.193. The summed E-state index contributed by atoms with van der Waals surface area (Å²) in [6.07, 6.45) is 2.82. The minimum Gasteiger partial charge on any atom is -0.490 e. The Kier molecular flexibility index (Phi) is 11.2. The van der Waals surface area contributed by atoms with Crippen molar-refractivity contribution >= 4 is 23.9 Å². The van der Waals surface area contributed by atoms with Crippen molar-refractivity contribution in [2.45, 2.75) is 39.5 Å². The molecule has 0 spiro atoms. The number of nitrogens with two attached hydrogens (primary N) is 1. The van der Waals surface area contributed by atoms with E-state index in [1.165, 1.54) is 37.3 Å². The molecule has 2 aromatic carbocycles. The van der Waals surface area contributed by atoms with Crippen LogP contribution in [0.15, 0.2) is 42.5 Å². The molecule has 0 bridgehead atoms. The highest BCUT2D eigenvalue weighted by Crippen LogP contribution is 2.29. The lowest BCUT2D eigenvalue weighted by molar-refractivity contribution is -0.134. The van der Waals surface area contributed by atoms with E-state index in [-0.39, 0.29) is 35.6 Å². The van der Waals surface area contributed by atoms with Gasteiger partial charge in [-0.25, -0.2) is 9.59 Å². The average molecular weight is 488 g/mol. The van der Waals surface area contributed by atoms with Crippen molar-refractivity contribution in [1.29, 1.82) is 0 Å². The molecule has 2 rings (SSSR count). The van der Waals surface area contributed by atoms with Gasteiger partial charge in [-0.2, -0.15) is 0 Å². The zero-order valence-corrected chi connectivity index (χ0v) is 19.7. The molecule has 0 amide bonds. The third kappa shape index (κ3) is 9.09. The van der Waals surface area contributed by atoms with E-state index in [0.717, 1.165) is 19.3 Å². The molecule has 2 N–H and O–H groups in total. The first kappa shape index (κ1) is 27.3. The molecule has 10 nitrogen and oxygen atoms in total. The Bertz CT molecular complexity index is 1040. The lowest BCUT2D eigenvalue weighted by Crippen LogP contribution is -2.16. The lowest BCUT2D eigenvalue weighted by atomic mass is 10.2. The largest absolute Gasteiger partial charge is 0.490 e. The van der Waals surface area contributed by atoms with Crippen molar-refractivity contribution in [3.8, 4) is 17.2 Å². The Morgan fingerprint density at radius 3 is 2.31 bits per heavy atom.